The summed E-state index contributed by atoms with van der Waals surface area (Å²) in [6.07, 6.45) is 3.80. The SMILES string of the molecule is C=COCC1C(OC=C)C(OC=C)OC(OC=C)C1OC=C. The average Bonchev–Trinajstić information content (AvgIpc) is 2.51. The van der Waals surface area contributed by atoms with Crippen LogP contribution >= 0.6 is 0 Å². The Bertz CT molecular complexity index is 364. The second kappa shape index (κ2) is 9.57. The molecule has 0 amide bonds. The predicted octanol–water partition coefficient (Wildman–Crippen LogP) is 2.82. The lowest BCUT2D eigenvalue weighted by molar-refractivity contribution is -0.324. The number of rotatable bonds is 11. The van der Waals surface area contributed by atoms with Gasteiger partial charge in [-0.05, 0) is 0 Å². The summed E-state index contributed by atoms with van der Waals surface area (Å²) in [5.41, 5.74) is 0. The monoisotopic (exact) mass is 310 g/mol. The highest BCUT2D eigenvalue weighted by Crippen LogP contribution is 2.32. The lowest BCUT2D eigenvalue weighted by Gasteiger charge is -2.43. The number of hydrogen-bond donors (Lipinski definition) is 0. The molecular weight excluding hydrogens is 288 g/mol. The van der Waals surface area contributed by atoms with Crippen LogP contribution in [0.2, 0.25) is 0 Å². The highest BCUT2D eigenvalue weighted by molar-refractivity contribution is 4.91. The van der Waals surface area contributed by atoms with Crippen LogP contribution in [0.15, 0.2) is 64.2 Å². The summed E-state index contributed by atoms with van der Waals surface area (Å²) < 4.78 is 32.7. The van der Waals surface area contributed by atoms with Gasteiger partial charge in [0.05, 0.1) is 43.8 Å². The van der Waals surface area contributed by atoms with Gasteiger partial charge in [-0.3, -0.25) is 4.74 Å². The van der Waals surface area contributed by atoms with Crippen LogP contribution in [0.25, 0.3) is 0 Å². The van der Waals surface area contributed by atoms with Crippen LogP contribution in [-0.4, -0.2) is 31.4 Å². The van der Waals surface area contributed by atoms with E-state index in [9.17, 15) is 0 Å². The van der Waals surface area contributed by atoms with Crippen molar-refractivity contribution in [3.05, 3.63) is 64.2 Å². The van der Waals surface area contributed by atoms with E-state index in [0.717, 1.165) is 0 Å². The van der Waals surface area contributed by atoms with Crippen molar-refractivity contribution in [3.8, 4) is 0 Å². The van der Waals surface area contributed by atoms with Gasteiger partial charge in [-0.2, -0.15) is 0 Å². The summed E-state index contributed by atoms with van der Waals surface area (Å²) in [5, 5.41) is 0. The van der Waals surface area contributed by atoms with Gasteiger partial charge in [0.2, 0.25) is 12.6 Å². The summed E-state index contributed by atoms with van der Waals surface area (Å²) in [6.45, 7) is 17.9. The second-order valence-corrected chi connectivity index (χ2v) is 4.18. The Labute approximate surface area is 130 Å². The summed E-state index contributed by atoms with van der Waals surface area (Å²) in [5.74, 6) is -0.308. The molecule has 1 saturated heterocycles. The molecule has 4 atom stereocenters. The van der Waals surface area contributed by atoms with Crippen molar-refractivity contribution in [1.82, 2.24) is 0 Å². The summed E-state index contributed by atoms with van der Waals surface area (Å²) in [4.78, 5) is 0. The fourth-order valence-electron chi connectivity index (χ4n) is 2.21. The molecule has 4 unspecified atom stereocenters. The van der Waals surface area contributed by atoms with Crippen molar-refractivity contribution < 1.29 is 28.4 Å². The Morgan fingerprint density at radius 1 is 0.682 bits per heavy atom. The molecular formula is C16H22O6. The molecule has 6 nitrogen and oxygen atoms in total. The molecule has 1 fully saturated rings. The third-order valence-corrected chi connectivity index (χ3v) is 3.02. The van der Waals surface area contributed by atoms with Crippen LogP contribution < -0.4 is 0 Å². The molecule has 0 aromatic carbocycles. The van der Waals surface area contributed by atoms with Gasteiger partial charge in [-0.25, -0.2) is 0 Å². The van der Waals surface area contributed by atoms with E-state index in [-0.39, 0.29) is 12.5 Å². The molecule has 1 rings (SSSR count). The van der Waals surface area contributed by atoms with Gasteiger partial charge >= 0.3 is 0 Å². The zero-order valence-corrected chi connectivity index (χ0v) is 12.5. The summed E-state index contributed by atoms with van der Waals surface area (Å²) in [7, 11) is 0. The molecule has 0 aromatic heterocycles. The maximum absolute atomic E-state index is 5.69. The van der Waals surface area contributed by atoms with Gasteiger partial charge in [0.25, 0.3) is 0 Å². The molecule has 0 aliphatic carbocycles. The highest BCUT2D eigenvalue weighted by Gasteiger charge is 2.50. The van der Waals surface area contributed by atoms with Crippen molar-refractivity contribution in [2.45, 2.75) is 24.8 Å². The lowest BCUT2D eigenvalue weighted by atomic mass is 9.92. The molecule has 1 heterocycles. The molecule has 0 bridgehead atoms. The van der Waals surface area contributed by atoms with Crippen LogP contribution in [0, 0.1) is 5.92 Å². The molecule has 1 aliphatic heterocycles. The Kier molecular flexibility index (Phi) is 7.70. The van der Waals surface area contributed by atoms with E-state index in [1.165, 1.54) is 31.3 Å². The molecule has 22 heavy (non-hydrogen) atoms. The standard InChI is InChI=1S/C16H22O6/c1-6-17-11-12-13(18-7-2)15(20-9-4)22-16(21-10-5)14(12)19-8-3/h6-10,12-16H,1-5,11H2. The maximum Gasteiger partial charge on any atom is 0.240 e. The van der Waals surface area contributed by atoms with E-state index in [1.54, 1.807) is 0 Å². The van der Waals surface area contributed by atoms with Gasteiger partial charge in [-0.1, -0.05) is 32.9 Å². The topological polar surface area (TPSA) is 55.4 Å². The molecule has 0 aromatic rings. The molecule has 0 radical (unpaired) electrons. The van der Waals surface area contributed by atoms with Crippen molar-refractivity contribution in [3.63, 3.8) is 0 Å². The largest absolute Gasteiger partial charge is 0.501 e. The molecule has 1 aliphatic rings. The zero-order chi connectivity index (χ0) is 16.4. The molecule has 6 heteroatoms. The summed E-state index contributed by atoms with van der Waals surface area (Å²) in [6, 6.07) is 0. The van der Waals surface area contributed by atoms with Crippen LogP contribution in [0.5, 0.6) is 0 Å². The highest BCUT2D eigenvalue weighted by atomic mass is 16.8. The minimum absolute atomic E-state index is 0.248. The first kappa shape index (κ1) is 17.7. The first-order chi connectivity index (χ1) is 10.7. The smallest absolute Gasteiger partial charge is 0.240 e. The quantitative estimate of drug-likeness (QED) is 0.547. The van der Waals surface area contributed by atoms with Crippen LogP contribution in [0.1, 0.15) is 0 Å². The van der Waals surface area contributed by atoms with Crippen molar-refractivity contribution >= 4 is 0 Å². The lowest BCUT2D eigenvalue weighted by Crippen LogP contribution is -2.57. The van der Waals surface area contributed by atoms with Crippen molar-refractivity contribution in [2.75, 3.05) is 6.61 Å². The number of ether oxygens (including phenoxy) is 6. The molecule has 0 spiro atoms. The zero-order valence-electron chi connectivity index (χ0n) is 12.5. The fraction of sp³-hybridized carbons (Fsp3) is 0.375. The Morgan fingerprint density at radius 2 is 1.14 bits per heavy atom. The average molecular weight is 310 g/mol. The van der Waals surface area contributed by atoms with Crippen LogP contribution in [-0.2, 0) is 28.4 Å². The third-order valence-electron chi connectivity index (χ3n) is 3.02. The van der Waals surface area contributed by atoms with Crippen LogP contribution in [0.3, 0.4) is 0 Å². The van der Waals surface area contributed by atoms with Crippen molar-refractivity contribution in [1.29, 1.82) is 0 Å². The molecule has 0 saturated carbocycles. The number of hydrogen-bond acceptors (Lipinski definition) is 6. The van der Waals surface area contributed by atoms with E-state index in [0.29, 0.717) is 0 Å². The van der Waals surface area contributed by atoms with Crippen molar-refractivity contribution in [2.24, 2.45) is 5.92 Å². The second-order valence-electron chi connectivity index (χ2n) is 4.18. The fourth-order valence-corrected chi connectivity index (χ4v) is 2.21. The Morgan fingerprint density at radius 3 is 1.50 bits per heavy atom. The minimum atomic E-state index is -0.775. The first-order valence-corrected chi connectivity index (χ1v) is 6.66. The van der Waals surface area contributed by atoms with E-state index >= 15 is 0 Å². The van der Waals surface area contributed by atoms with Gasteiger partial charge in [0, 0.05) is 0 Å². The summed E-state index contributed by atoms with van der Waals surface area (Å²) >= 11 is 0. The van der Waals surface area contributed by atoms with Crippen LogP contribution in [0.4, 0.5) is 0 Å². The van der Waals surface area contributed by atoms with Gasteiger partial charge in [-0.15, -0.1) is 0 Å². The van der Waals surface area contributed by atoms with E-state index in [1.807, 2.05) is 0 Å². The van der Waals surface area contributed by atoms with E-state index < -0.39 is 24.8 Å². The molecule has 122 valence electrons. The molecule has 0 N–H and O–H groups in total. The normalized spacial score (nSPS) is 30.3. The Hall–Kier alpha value is -2.34. The predicted molar refractivity (Wildman–Crippen MR) is 81.0 cm³/mol. The van der Waals surface area contributed by atoms with Gasteiger partial charge < -0.3 is 23.7 Å². The van der Waals surface area contributed by atoms with Gasteiger partial charge in [0.15, 0.2) is 12.2 Å². The maximum atomic E-state index is 5.69. The van der Waals surface area contributed by atoms with E-state index in [4.69, 9.17) is 28.4 Å². The third kappa shape index (κ3) is 4.33. The minimum Gasteiger partial charge on any atom is -0.501 e. The van der Waals surface area contributed by atoms with Gasteiger partial charge in [0.1, 0.15) is 0 Å². The Balaban J connectivity index is 3.08. The van der Waals surface area contributed by atoms with E-state index in [2.05, 4.69) is 32.9 Å². The first-order valence-electron chi connectivity index (χ1n) is 6.66.